The van der Waals surface area contributed by atoms with Crippen LogP contribution >= 0.6 is 0 Å². The van der Waals surface area contributed by atoms with Crippen LogP contribution in [0.1, 0.15) is 36.5 Å². The molecule has 2 aromatic rings. The summed E-state index contributed by atoms with van der Waals surface area (Å²) >= 11 is 0. The Balaban J connectivity index is 2.30. The summed E-state index contributed by atoms with van der Waals surface area (Å²) in [5, 5.41) is 7.67. The first-order valence-electron chi connectivity index (χ1n) is 6.22. The highest BCUT2D eigenvalue weighted by molar-refractivity contribution is 5.17. The van der Waals surface area contributed by atoms with Crippen molar-refractivity contribution in [3.8, 4) is 0 Å². The molecule has 0 fully saturated rings. The Kier molecular flexibility index (Phi) is 4.04. The number of aromatic nitrogens is 4. The zero-order chi connectivity index (χ0) is 13.0. The third-order valence-electron chi connectivity index (χ3n) is 2.81. The molecule has 1 unspecified atom stereocenters. The molecule has 2 heterocycles. The molecule has 2 aromatic heterocycles. The topological polar surface area (TPSA) is 55.6 Å². The van der Waals surface area contributed by atoms with E-state index in [-0.39, 0.29) is 6.04 Å². The van der Waals surface area contributed by atoms with E-state index < -0.39 is 0 Å². The minimum absolute atomic E-state index is 0.00181. The third-order valence-corrected chi connectivity index (χ3v) is 2.81. The molecule has 1 N–H and O–H groups in total. The second kappa shape index (κ2) is 5.73. The average molecular weight is 245 g/mol. The monoisotopic (exact) mass is 245 g/mol. The fourth-order valence-corrected chi connectivity index (χ4v) is 1.84. The molecule has 0 bridgehead atoms. The largest absolute Gasteiger partial charge is 0.302 e. The van der Waals surface area contributed by atoms with Gasteiger partial charge in [0.2, 0.25) is 0 Å². The average Bonchev–Trinajstić information content (AvgIpc) is 2.78. The summed E-state index contributed by atoms with van der Waals surface area (Å²) in [7, 11) is 1.93. The molecule has 1 atom stereocenters. The molecule has 0 aromatic carbocycles. The zero-order valence-electron chi connectivity index (χ0n) is 11.1. The first-order valence-corrected chi connectivity index (χ1v) is 6.22. The molecule has 0 saturated heterocycles. The Morgan fingerprint density at radius 1 is 1.33 bits per heavy atom. The van der Waals surface area contributed by atoms with Gasteiger partial charge in [0.25, 0.3) is 0 Å². The zero-order valence-corrected chi connectivity index (χ0v) is 11.1. The molecular formula is C13H19N5. The molecule has 5 nitrogen and oxygen atoms in total. The molecule has 0 aliphatic carbocycles. The summed E-state index contributed by atoms with van der Waals surface area (Å²) in [5.41, 5.74) is 2.14. The van der Waals surface area contributed by atoms with Crippen molar-refractivity contribution in [3.05, 3.63) is 41.7 Å². The van der Waals surface area contributed by atoms with Gasteiger partial charge in [-0.2, -0.15) is 5.10 Å². The number of nitrogens with zero attached hydrogens (tertiary/aromatic N) is 4. The summed E-state index contributed by atoms with van der Waals surface area (Å²) in [6.07, 6.45) is 6.56. The van der Waals surface area contributed by atoms with E-state index in [1.54, 1.807) is 6.20 Å². The maximum Gasteiger partial charge on any atom is 0.151 e. The molecule has 0 aliphatic rings. The molecule has 0 saturated carbocycles. The van der Waals surface area contributed by atoms with E-state index >= 15 is 0 Å². The van der Waals surface area contributed by atoms with Crippen LogP contribution in [-0.2, 0) is 7.05 Å². The van der Waals surface area contributed by atoms with Crippen molar-refractivity contribution in [3.63, 3.8) is 0 Å². The predicted octanol–water partition coefficient (Wildman–Crippen LogP) is 1.61. The SMILES string of the molecule is CCCNC(c1ncc(C)cn1)c1ccnn1C. The highest BCUT2D eigenvalue weighted by Crippen LogP contribution is 2.17. The van der Waals surface area contributed by atoms with E-state index in [1.165, 1.54) is 0 Å². The van der Waals surface area contributed by atoms with E-state index in [0.29, 0.717) is 0 Å². The van der Waals surface area contributed by atoms with Crippen LogP contribution in [0.3, 0.4) is 0 Å². The van der Waals surface area contributed by atoms with Gasteiger partial charge in [0.05, 0.1) is 5.69 Å². The first kappa shape index (κ1) is 12.7. The van der Waals surface area contributed by atoms with Crippen molar-refractivity contribution in [1.29, 1.82) is 0 Å². The summed E-state index contributed by atoms with van der Waals surface area (Å²) in [4.78, 5) is 8.83. The van der Waals surface area contributed by atoms with Crippen molar-refractivity contribution in [2.75, 3.05) is 6.54 Å². The summed E-state index contributed by atoms with van der Waals surface area (Å²) < 4.78 is 1.86. The van der Waals surface area contributed by atoms with Crippen molar-refractivity contribution in [2.24, 2.45) is 7.05 Å². The Hall–Kier alpha value is -1.75. The van der Waals surface area contributed by atoms with Gasteiger partial charge in [-0.1, -0.05) is 6.92 Å². The second-order valence-corrected chi connectivity index (χ2v) is 4.39. The van der Waals surface area contributed by atoms with E-state index in [4.69, 9.17) is 0 Å². The van der Waals surface area contributed by atoms with Gasteiger partial charge in [0, 0.05) is 25.6 Å². The maximum atomic E-state index is 4.41. The van der Waals surface area contributed by atoms with Crippen LogP contribution in [0.2, 0.25) is 0 Å². The predicted molar refractivity (Wildman–Crippen MR) is 70.1 cm³/mol. The van der Waals surface area contributed by atoms with Crippen LogP contribution in [-0.4, -0.2) is 26.3 Å². The molecule has 5 heteroatoms. The Morgan fingerprint density at radius 2 is 2.06 bits per heavy atom. The standard InChI is InChI=1S/C13H19N5/c1-4-6-14-12(11-5-7-17-18(11)3)13-15-8-10(2)9-16-13/h5,7-9,12,14H,4,6H2,1-3H3. The van der Waals surface area contributed by atoms with Crippen LogP contribution in [0.25, 0.3) is 0 Å². The van der Waals surface area contributed by atoms with Gasteiger partial charge in [0.1, 0.15) is 6.04 Å². The lowest BCUT2D eigenvalue weighted by atomic mass is 10.2. The lowest BCUT2D eigenvalue weighted by Gasteiger charge is -2.17. The van der Waals surface area contributed by atoms with Gasteiger partial charge in [-0.3, -0.25) is 4.68 Å². The molecule has 18 heavy (non-hydrogen) atoms. The molecule has 0 aliphatic heterocycles. The fourth-order valence-electron chi connectivity index (χ4n) is 1.84. The van der Waals surface area contributed by atoms with Crippen LogP contribution in [0.5, 0.6) is 0 Å². The van der Waals surface area contributed by atoms with Crippen molar-refractivity contribution < 1.29 is 0 Å². The van der Waals surface area contributed by atoms with E-state index in [2.05, 4.69) is 27.3 Å². The molecule has 0 radical (unpaired) electrons. The van der Waals surface area contributed by atoms with Gasteiger partial charge in [-0.15, -0.1) is 0 Å². The molecular weight excluding hydrogens is 226 g/mol. The van der Waals surface area contributed by atoms with Crippen LogP contribution < -0.4 is 5.32 Å². The first-order chi connectivity index (χ1) is 8.72. The number of rotatable bonds is 5. The van der Waals surface area contributed by atoms with Crippen molar-refractivity contribution in [2.45, 2.75) is 26.3 Å². The van der Waals surface area contributed by atoms with Crippen molar-refractivity contribution in [1.82, 2.24) is 25.1 Å². The Labute approximate surface area is 107 Å². The Morgan fingerprint density at radius 3 is 2.61 bits per heavy atom. The van der Waals surface area contributed by atoms with Crippen LogP contribution in [0.4, 0.5) is 0 Å². The van der Waals surface area contributed by atoms with Crippen molar-refractivity contribution >= 4 is 0 Å². The van der Waals surface area contributed by atoms with E-state index in [1.807, 2.05) is 37.1 Å². The third kappa shape index (κ3) is 2.73. The molecule has 0 amide bonds. The number of aryl methyl sites for hydroxylation is 2. The van der Waals surface area contributed by atoms with Crippen LogP contribution in [0.15, 0.2) is 24.7 Å². The summed E-state index contributed by atoms with van der Waals surface area (Å²) in [5.74, 6) is 0.789. The number of hydrogen-bond donors (Lipinski definition) is 1. The molecule has 0 spiro atoms. The highest BCUT2D eigenvalue weighted by Gasteiger charge is 2.18. The number of nitrogens with one attached hydrogen (secondary N) is 1. The summed E-state index contributed by atoms with van der Waals surface area (Å²) in [6, 6.07) is 1.99. The quantitative estimate of drug-likeness (QED) is 0.869. The van der Waals surface area contributed by atoms with Gasteiger partial charge >= 0.3 is 0 Å². The fraction of sp³-hybridized carbons (Fsp3) is 0.462. The lowest BCUT2D eigenvalue weighted by molar-refractivity contribution is 0.531. The van der Waals surface area contributed by atoms with Gasteiger partial charge in [-0.05, 0) is 31.5 Å². The van der Waals surface area contributed by atoms with Gasteiger partial charge < -0.3 is 5.32 Å². The molecule has 96 valence electrons. The molecule has 2 rings (SSSR count). The minimum Gasteiger partial charge on any atom is -0.302 e. The normalized spacial score (nSPS) is 12.6. The summed E-state index contributed by atoms with van der Waals surface area (Å²) in [6.45, 7) is 5.05. The maximum absolute atomic E-state index is 4.41. The van der Waals surface area contributed by atoms with Gasteiger partial charge in [0.15, 0.2) is 5.82 Å². The van der Waals surface area contributed by atoms with E-state index in [0.717, 1.165) is 30.0 Å². The minimum atomic E-state index is -0.00181. The lowest BCUT2D eigenvalue weighted by Crippen LogP contribution is -2.27. The van der Waals surface area contributed by atoms with Crippen LogP contribution in [0, 0.1) is 6.92 Å². The second-order valence-electron chi connectivity index (χ2n) is 4.39. The van der Waals surface area contributed by atoms with Gasteiger partial charge in [-0.25, -0.2) is 9.97 Å². The number of hydrogen-bond acceptors (Lipinski definition) is 4. The van der Waals surface area contributed by atoms with E-state index in [9.17, 15) is 0 Å². The Bertz CT molecular complexity index is 488. The smallest absolute Gasteiger partial charge is 0.151 e. The highest BCUT2D eigenvalue weighted by atomic mass is 15.3.